The third-order valence-electron chi connectivity index (χ3n) is 2.03. The maximum Gasteiger partial charge on any atom is 0.0867 e. The van der Waals surface area contributed by atoms with Gasteiger partial charge in [-0.3, -0.25) is 0 Å². The number of ether oxygens (including phenoxy) is 1. The van der Waals surface area contributed by atoms with Crippen LogP contribution in [0, 0.1) is 0 Å². The molecule has 3 nitrogen and oxygen atoms in total. The summed E-state index contributed by atoms with van der Waals surface area (Å²) >= 11 is 7.31. The number of rotatable bonds is 6. The minimum Gasteiger partial charge on any atom is -0.398 e. The van der Waals surface area contributed by atoms with E-state index in [0.29, 0.717) is 23.1 Å². The summed E-state index contributed by atoms with van der Waals surface area (Å²) in [5, 5.41) is 10.3. The highest BCUT2D eigenvalue weighted by atomic mass is 35.5. The van der Waals surface area contributed by atoms with E-state index >= 15 is 0 Å². The lowest BCUT2D eigenvalue weighted by molar-refractivity contribution is 0.0152. The van der Waals surface area contributed by atoms with E-state index in [9.17, 15) is 5.11 Å². The van der Waals surface area contributed by atoms with E-state index in [0.717, 1.165) is 4.90 Å². The summed E-state index contributed by atoms with van der Waals surface area (Å²) in [6.45, 7) is 4.23. The number of aliphatic hydroxyl groups is 1. The van der Waals surface area contributed by atoms with Gasteiger partial charge in [0.1, 0.15) is 0 Å². The van der Waals surface area contributed by atoms with Crippen LogP contribution in [0.4, 0.5) is 5.69 Å². The number of halogens is 1. The van der Waals surface area contributed by atoms with Gasteiger partial charge in [-0.15, -0.1) is 11.8 Å². The third-order valence-corrected chi connectivity index (χ3v) is 3.49. The summed E-state index contributed by atoms with van der Waals surface area (Å²) in [4.78, 5) is 0.929. The molecule has 0 aliphatic heterocycles. The molecule has 5 heteroatoms. The SMILES string of the molecule is CC(C)OCC(O)CSc1ccc(Cl)cc1N. The number of nitrogens with two attached hydrogens (primary N) is 1. The molecule has 0 heterocycles. The Morgan fingerprint density at radius 2 is 2.18 bits per heavy atom. The average Bonchev–Trinajstić information content (AvgIpc) is 2.25. The first-order valence-corrected chi connectivity index (χ1v) is 6.83. The molecule has 1 aromatic rings. The van der Waals surface area contributed by atoms with Gasteiger partial charge in [-0.25, -0.2) is 0 Å². The highest BCUT2D eigenvalue weighted by Gasteiger charge is 2.08. The largest absolute Gasteiger partial charge is 0.398 e. The van der Waals surface area contributed by atoms with Crippen LogP contribution in [-0.2, 0) is 4.74 Å². The van der Waals surface area contributed by atoms with Crippen LogP contribution < -0.4 is 5.73 Å². The Bertz CT molecular complexity index is 360. The fourth-order valence-corrected chi connectivity index (χ4v) is 2.23. The molecule has 0 aliphatic rings. The fourth-order valence-electron chi connectivity index (χ4n) is 1.19. The molecule has 1 atom stereocenters. The van der Waals surface area contributed by atoms with E-state index in [1.807, 2.05) is 19.9 Å². The molecular formula is C12H18ClNO2S. The quantitative estimate of drug-likeness (QED) is 0.619. The normalized spacial score (nSPS) is 13.0. The van der Waals surface area contributed by atoms with Crippen molar-refractivity contribution in [1.82, 2.24) is 0 Å². The standard InChI is InChI=1S/C12H18ClNO2S/c1-8(2)16-6-10(15)7-17-12-4-3-9(13)5-11(12)14/h3-5,8,10,15H,6-7,14H2,1-2H3. The smallest absolute Gasteiger partial charge is 0.0867 e. The van der Waals surface area contributed by atoms with Crippen molar-refractivity contribution in [3.8, 4) is 0 Å². The number of anilines is 1. The Morgan fingerprint density at radius 3 is 2.76 bits per heavy atom. The molecule has 3 N–H and O–H groups in total. The van der Waals surface area contributed by atoms with E-state index in [4.69, 9.17) is 22.1 Å². The first-order chi connectivity index (χ1) is 7.99. The Kier molecular flexibility index (Phi) is 6.12. The summed E-state index contributed by atoms with van der Waals surface area (Å²) in [6.07, 6.45) is -0.354. The molecule has 0 saturated carbocycles. The number of hydrogen-bond donors (Lipinski definition) is 2. The van der Waals surface area contributed by atoms with Gasteiger partial charge in [0.05, 0.1) is 18.8 Å². The predicted molar refractivity (Wildman–Crippen MR) is 73.7 cm³/mol. The molecule has 0 aromatic heterocycles. The summed E-state index contributed by atoms with van der Waals surface area (Å²) < 4.78 is 5.33. The van der Waals surface area contributed by atoms with Gasteiger partial charge in [-0.2, -0.15) is 0 Å². The molecule has 0 amide bonds. The lowest BCUT2D eigenvalue weighted by Gasteiger charge is -2.13. The molecular weight excluding hydrogens is 258 g/mol. The Morgan fingerprint density at radius 1 is 1.47 bits per heavy atom. The van der Waals surface area contributed by atoms with Crippen LogP contribution in [0.15, 0.2) is 23.1 Å². The Hall–Kier alpha value is -0.420. The minimum atomic E-state index is -0.488. The van der Waals surface area contributed by atoms with Crippen molar-refractivity contribution in [2.75, 3.05) is 18.1 Å². The highest BCUT2D eigenvalue weighted by Crippen LogP contribution is 2.28. The summed E-state index contributed by atoms with van der Waals surface area (Å²) in [7, 11) is 0. The molecule has 1 aromatic carbocycles. The van der Waals surface area contributed by atoms with Gasteiger partial charge in [0.25, 0.3) is 0 Å². The lowest BCUT2D eigenvalue weighted by Crippen LogP contribution is -2.20. The van der Waals surface area contributed by atoms with Gasteiger partial charge in [-0.1, -0.05) is 11.6 Å². The first-order valence-electron chi connectivity index (χ1n) is 5.46. The number of hydrogen-bond acceptors (Lipinski definition) is 4. The topological polar surface area (TPSA) is 55.5 Å². The maximum atomic E-state index is 9.69. The number of nitrogen functional groups attached to an aromatic ring is 1. The summed E-state index contributed by atoms with van der Waals surface area (Å²) in [5.41, 5.74) is 6.45. The molecule has 0 saturated heterocycles. The third kappa shape index (κ3) is 5.64. The van der Waals surface area contributed by atoms with E-state index in [1.165, 1.54) is 11.8 Å². The van der Waals surface area contributed by atoms with Crippen molar-refractivity contribution in [2.45, 2.75) is 31.0 Å². The second-order valence-electron chi connectivity index (χ2n) is 4.03. The first kappa shape index (κ1) is 14.6. The molecule has 0 radical (unpaired) electrons. The predicted octanol–water partition coefficient (Wildman–Crippen LogP) is 2.80. The van der Waals surface area contributed by atoms with Gasteiger partial charge < -0.3 is 15.6 Å². The lowest BCUT2D eigenvalue weighted by atomic mass is 10.3. The number of thioether (sulfide) groups is 1. The molecule has 0 bridgehead atoms. The zero-order valence-electron chi connectivity index (χ0n) is 10.0. The van der Waals surface area contributed by atoms with Crippen LogP contribution in [0.1, 0.15) is 13.8 Å². The molecule has 1 unspecified atom stereocenters. The molecule has 0 aliphatic carbocycles. The van der Waals surface area contributed by atoms with Gasteiger partial charge in [0.15, 0.2) is 0 Å². The Balaban J connectivity index is 2.39. The van der Waals surface area contributed by atoms with Crippen LogP contribution in [-0.4, -0.2) is 29.7 Å². The van der Waals surface area contributed by atoms with E-state index < -0.39 is 6.10 Å². The van der Waals surface area contributed by atoms with E-state index in [1.54, 1.807) is 12.1 Å². The van der Waals surface area contributed by atoms with Crippen molar-refractivity contribution >= 4 is 29.1 Å². The van der Waals surface area contributed by atoms with Crippen molar-refractivity contribution < 1.29 is 9.84 Å². The monoisotopic (exact) mass is 275 g/mol. The van der Waals surface area contributed by atoms with Crippen LogP contribution in [0.2, 0.25) is 5.02 Å². The average molecular weight is 276 g/mol. The molecule has 0 spiro atoms. The molecule has 96 valence electrons. The maximum absolute atomic E-state index is 9.69. The second kappa shape index (κ2) is 7.11. The van der Waals surface area contributed by atoms with Crippen molar-refractivity contribution in [1.29, 1.82) is 0 Å². The highest BCUT2D eigenvalue weighted by molar-refractivity contribution is 7.99. The van der Waals surface area contributed by atoms with Crippen LogP contribution >= 0.6 is 23.4 Å². The molecule has 17 heavy (non-hydrogen) atoms. The van der Waals surface area contributed by atoms with Crippen molar-refractivity contribution in [3.63, 3.8) is 0 Å². The van der Waals surface area contributed by atoms with Crippen LogP contribution in [0.3, 0.4) is 0 Å². The van der Waals surface area contributed by atoms with Gasteiger partial charge in [-0.05, 0) is 32.0 Å². The van der Waals surface area contributed by atoms with Gasteiger partial charge in [0.2, 0.25) is 0 Å². The molecule has 0 fully saturated rings. The zero-order valence-corrected chi connectivity index (χ0v) is 11.6. The van der Waals surface area contributed by atoms with Crippen molar-refractivity contribution in [2.24, 2.45) is 0 Å². The van der Waals surface area contributed by atoms with Gasteiger partial charge in [0, 0.05) is 21.4 Å². The summed E-state index contributed by atoms with van der Waals surface area (Å²) in [6, 6.07) is 5.36. The van der Waals surface area contributed by atoms with Crippen molar-refractivity contribution in [3.05, 3.63) is 23.2 Å². The number of benzene rings is 1. The second-order valence-corrected chi connectivity index (χ2v) is 5.53. The molecule has 1 rings (SSSR count). The van der Waals surface area contributed by atoms with E-state index in [2.05, 4.69) is 0 Å². The van der Waals surface area contributed by atoms with Gasteiger partial charge >= 0.3 is 0 Å². The number of aliphatic hydroxyl groups excluding tert-OH is 1. The Labute approximate surface area is 111 Å². The van der Waals surface area contributed by atoms with Crippen LogP contribution in [0.25, 0.3) is 0 Å². The minimum absolute atomic E-state index is 0.134. The fraction of sp³-hybridized carbons (Fsp3) is 0.500. The van der Waals surface area contributed by atoms with E-state index in [-0.39, 0.29) is 6.10 Å². The zero-order chi connectivity index (χ0) is 12.8. The van der Waals surface area contributed by atoms with Crippen LogP contribution in [0.5, 0.6) is 0 Å². The summed E-state index contributed by atoms with van der Waals surface area (Å²) in [5.74, 6) is 0.554.